The molecular weight excluding hydrogens is 342 g/mol. The van der Waals surface area contributed by atoms with E-state index in [1.54, 1.807) is 12.1 Å². The third-order valence-corrected chi connectivity index (χ3v) is 4.50. The Bertz CT molecular complexity index is 962. The molecule has 6 nitrogen and oxygen atoms in total. The van der Waals surface area contributed by atoms with Crippen LogP contribution in [0.5, 0.6) is 0 Å². The number of carbonyl (C=O) groups excluding carboxylic acids is 3. The smallest absolute Gasteiger partial charge is 0.335 e. The summed E-state index contributed by atoms with van der Waals surface area (Å²) in [6, 6.07) is 6.89. The number of aryl methyl sites for hydroxylation is 3. The van der Waals surface area contributed by atoms with E-state index in [4.69, 9.17) is 0 Å². The van der Waals surface area contributed by atoms with Crippen molar-refractivity contribution < 1.29 is 14.4 Å². The molecule has 1 aromatic heterocycles. The average Bonchev–Trinajstić information content (AvgIpc) is 2.91. The van der Waals surface area contributed by atoms with Gasteiger partial charge in [-0.15, -0.1) is 0 Å². The molecule has 1 saturated heterocycles. The Morgan fingerprint density at radius 1 is 0.963 bits per heavy atom. The van der Waals surface area contributed by atoms with E-state index < -0.39 is 17.8 Å². The largest absolute Gasteiger partial charge is 0.349 e. The summed E-state index contributed by atoms with van der Waals surface area (Å²) >= 11 is 0. The summed E-state index contributed by atoms with van der Waals surface area (Å²) in [4.78, 5) is 38.6. The zero-order valence-corrected chi connectivity index (χ0v) is 16.2. The van der Waals surface area contributed by atoms with Gasteiger partial charge in [0.05, 0.1) is 5.69 Å². The van der Waals surface area contributed by atoms with Gasteiger partial charge in [-0.1, -0.05) is 6.07 Å². The highest BCUT2D eigenvalue weighted by atomic mass is 16.2. The van der Waals surface area contributed by atoms with Gasteiger partial charge in [-0.25, -0.2) is 9.69 Å². The normalized spacial score (nSPS) is 16.4. The Labute approximate surface area is 158 Å². The van der Waals surface area contributed by atoms with Gasteiger partial charge in [0.25, 0.3) is 11.8 Å². The van der Waals surface area contributed by atoms with Gasteiger partial charge in [0, 0.05) is 17.9 Å². The van der Waals surface area contributed by atoms with Gasteiger partial charge in [-0.3, -0.25) is 14.9 Å². The number of urea groups is 1. The maximum absolute atomic E-state index is 13.0. The molecule has 0 bridgehead atoms. The maximum atomic E-state index is 13.0. The summed E-state index contributed by atoms with van der Waals surface area (Å²) in [5.74, 6) is -1.30. The molecule has 1 aliphatic heterocycles. The summed E-state index contributed by atoms with van der Waals surface area (Å²) in [5.41, 5.74) is 4.02. The van der Waals surface area contributed by atoms with E-state index in [0.717, 1.165) is 27.3 Å². The summed E-state index contributed by atoms with van der Waals surface area (Å²) in [6.45, 7) is 9.87. The molecule has 6 heteroatoms. The highest BCUT2D eigenvalue weighted by Gasteiger charge is 2.37. The van der Waals surface area contributed by atoms with Crippen LogP contribution in [0.25, 0.3) is 6.08 Å². The van der Waals surface area contributed by atoms with E-state index in [2.05, 4.69) is 23.7 Å². The Morgan fingerprint density at radius 2 is 1.59 bits per heavy atom. The van der Waals surface area contributed by atoms with E-state index in [9.17, 15) is 14.4 Å². The predicted octanol–water partition coefficient (Wildman–Crippen LogP) is 3.66. The molecule has 27 heavy (non-hydrogen) atoms. The lowest BCUT2D eigenvalue weighted by atomic mass is 10.1. The van der Waals surface area contributed by atoms with Crippen LogP contribution in [0.15, 0.2) is 36.0 Å². The molecule has 0 radical (unpaired) electrons. The van der Waals surface area contributed by atoms with E-state index in [0.29, 0.717) is 5.69 Å². The molecule has 1 aromatic carbocycles. The first-order chi connectivity index (χ1) is 12.7. The molecule has 0 unspecified atom stereocenters. The lowest BCUT2D eigenvalue weighted by Gasteiger charge is -2.26. The van der Waals surface area contributed by atoms with E-state index >= 15 is 0 Å². The first-order valence-corrected chi connectivity index (χ1v) is 8.85. The second kappa shape index (κ2) is 6.87. The minimum absolute atomic E-state index is 0.0605. The van der Waals surface area contributed by atoms with Gasteiger partial charge >= 0.3 is 6.03 Å². The number of anilines is 1. The van der Waals surface area contributed by atoms with Crippen LogP contribution in [0.1, 0.15) is 42.3 Å². The molecule has 4 amide bonds. The molecular formula is C21H23N3O3. The van der Waals surface area contributed by atoms with Crippen LogP contribution in [-0.4, -0.2) is 22.4 Å². The van der Waals surface area contributed by atoms with Gasteiger partial charge in [0.1, 0.15) is 5.57 Å². The van der Waals surface area contributed by atoms with Crippen molar-refractivity contribution in [1.82, 2.24) is 9.88 Å². The standard InChI is InChI=1S/C21H23N3O3/c1-12(2)23-11-16(9-15(23)5)10-18-19(25)22-21(27)24(20(18)26)17-7-13(3)6-14(4)8-17/h6-12H,1-5H3,(H,22,25,27)/b18-10-. The number of hydrogen-bond acceptors (Lipinski definition) is 3. The molecule has 1 aliphatic rings. The number of nitrogens with zero attached hydrogens (tertiary/aromatic N) is 2. The van der Waals surface area contributed by atoms with Gasteiger partial charge in [-0.2, -0.15) is 0 Å². The van der Waals surface area contributed by atoms with Crippen LogP contribution in [0.2, 0.25) is 0 Å². The fourth-order valence-electron chi connectivity index (χ4n) is 3.39. The number of rotatable bonds is 3. The van der Waals surface area contributed by atoms with Gasteiger partial charge in [0.2, 0.25) is 0 Å². The fourth-order valence-corrected chi connectivity index (χ4v) is 3.39. The minimum Gasteiger partial charge on any atom is -0.349 e. The lowest BCUT2D eigenvalue weighted by Crippen LogP contribution is -2.54. The van der Waals surface area contributed by atoms with Crippen molar-refractivity contribution in [2.24, 2.45) is 0 Å². The average molecular weight is 365 g/mol. The Balaban J connectivity index is 2.03. The second-order valence-electron chi connectivity index (χ2n) is 7.22. The fraction of sp³-hybridized carbons (Fsp3) is 0.286. The van der Waals surface area contributed by atoms with E-state index in [-0.39, 0.29) is 11.6 Å². The number of nitrogens with one attached hydrogen (secondary N) is 1. The zero-order valence-electron chi connectivity index (χ0n) is 16.2. The molecule has 0 spiro atoms. The Morgan fingerprint density at radius 3 is 2.15 bits per heavy atom. The molecule has 140 valence electrons. The number of barbiturate groups is 1. The van der Waals surface area contributed by atoms with Crippen molar-refractivity contribution in [2.75, 3.05) is 4.90 Å². The van der Waals surface area contributed by atoms with Crippen molar-refractivity contribution in [2.45, 2.75) is 40.7 Å². The van der Waals surface area contributed by atoms with Crippen LogP contribution in [-0.2, 0) is 9.59 Å². The highest BCUT2D eigenvalue weighted by molar-refractivity contribution is 6.39. The predicted molar refractivity (Wildman–Crippen MR) is 104 cm³/mol. The number of amides is 4. The summed E-state index contributed by atoms with van der Waals surface area (Å²) in [6.07, 6.45) is 3.43. The Kier molecular flexibility index (Phi) is 4.74. The first-order valence-electron chi connectivity index (χ1n) is 8.85. The summed E-state index contributed by atoms with van der Waals surface area (Å²) in [5, 5.41) is 2.26. The first kappa shape index (κ1) is 18.6. The Hall–Kier alpha value is -3.15. The molecule has 1 fully saturated rings. The van der Waals surface area contributed by atoms with Gasteiger partial charge in [-0.05, 0) is 75.6 Å². The molecule has 3 rings (SSSR count). The third kappa shape index (κ3) is 3.56. The quantitative estimate of drug-likeness (QED) is 0.666. The number of imide groups is 2. The molecule has 0 saturated carbocycles. The summed E-state index contributed by atoms with van der Waals surface area (Å²) in [7, 11) is 0. The van der Waals surface area contributed by atoms with Crippen molar-refractivity contribution in [3.63, 3.8) is 0 Å². The van der Waals surface area contributed by atoms with Gasteiger partial charge in [0.15, 0.2) is 0 Å². The topological polar surface area (TPSA) is 71.4 Å². The van der Waals surface area contributed by atoms with Gasteiger partial charge < -0.3 is 4.57 Å². The van der Waals surface area contributed by atoms with E-state index in [1.807, 2.05) is 39.1 Å². The number of carbonyl (C=O) groups is 3. The van der Waals surface area contributed by atoms with Crippen LogP contribution < -0.4 is 10.2 Å². The van der Waals surface area contributed by atoms with E-state index in [1.165, 1.54) is 6.08 Å². The number of benzene rings is 1. The maximum Gasteiger partial charge on any atom is 0.335 e. The minimum atomic E-state index is -0.733. The third-order valence-electron chi connectivity index (χ3n) is 4.50. The molecule has 0 atom stereocenters. The van der Waals surface area contributed by atoms with Crippen LogP contribution in [0.3, 0.4) is 0 Å². The molecule has 0 aliphatic carbocycles. The molecule has 2 heterocycles. The zero-order chi connectivity index (χ0) is 19.9. The van der Waals surface area contributed by atoms with Crippen LogP contribution >= 0.6 is 0 Å². The number of hydrogen-bond donors (Lipinski definition) is 1. The SMILES string of the molecule is Cc1cc(C)cc(N2C(=O)NC(=O)/C(=C/c3cc(C)n(C(C)C)c3)C2=O)c1. The molecule has 2 aromatic rings. The van der Waals surface area contributed by atoms with Crippen molar-refractivity contribution >= 4 is 29.6 Å². The summed E-state index contributed by atoms with van der Waals surface area (Å²) < 4.78 is 2.06. The number of aromatic nitrogens is 1. The highest BCUT2D eigenvalue weighted by Crippen LogP contribution is 2.25. The van der Waals surface area contributed by atoms with Crippen LogP contribution in [0, 0.1) is 20.8 Å². The molecule has 1 N–H and O–H groups in total. The van der Waals surface area contributed by atoms with Crippen LogP contribution in [0.4, 0.5) is 10.5 Å². The van der Waals surface area contributed by atoms with Crippen molar-refractivity contribution in [1.29, 1.82) is 0 Å². The monoisotopic (exact) mass is 365 g/mol. The van der Waals surface area contributed by atoms with Crippen molar-refractivity contribution in [3.8, 4) is 0 Å². The van der Waals surface area contributed by atoms with Crippen molar-refractivity contribution in [3.05, 3.63) is 58.4 Å². The second-order valence-corrected chi connectivity index (χ2v) is 7.22. The lowest BCUT2D eigenvalue weighted by molar-refractivity contribution is -0.122.